The molecule has 0 aliphatic rings. The van der Waals surface area contributed by atoms with Crippen molar-refractivity contribution in [1.29, 1.82) is 0 Å². The van der Waals surface area contributed by atoms with E-state index in [-0.39, 0.29) is 11.3 Å². The number of hydrogen-bond donors (Lipinski definition) is 3. The van der Waals surface area contributed by atoms with Gasteiger partial charge >= 0.3 is 0 Å². The molecular formula is C31H27N9O2. The fourth-order valence-corrected chi connectivity index (χ4v) is 5.29. The number of hydrogen-bond acceptors (Lipinski definition) is 7. The molecule has 0 bridgehead atoms. The van der Waals surface area contributed by atoms with Gasteiger partial charge in [-0.2, -0.15) is 10.2 Å². The summed E-state index contributed by atoms with van der Waals surface area (Å²) in [5.41, 5.74) is 4.95. The summed E-state index contributed by atoms with van der Waals surface area (Å²) in [5.74, 6) is 1.34. The lowest BCUT2D eigenvalue weighted by Gasteiger charge is -2.20. The molecule has 11 heteroatoms. The SMILES string of the molecule is Cc1ccn2nc(C(C)Nc3ncnc4[nH]cc(-c5ccn(Cc6ccccc6O)n5)c34)n(-c3ccccc3)c(=O)c12. The first-order valence-electron chi connectivity index (χ1n) is 13.5. The van der Waals surface area contributed by atoms with Gasteiger partial charge in [0.1, 0.15) is 29.1 Å². The maximum atomic E-state index is 13.8. The van der Waals surface area contributed by atoms with E-state index in [1.807, 2.05) is 80.8 Å². The van der Waals surface area contributed by atoms with Crippen LogP contribution in [0.5, 0.6) is 5.75 Å². The van der Waals surface area contributed by atoms with Crippen molar-refractivity contribution in [1.82, 2.24) is 38.9 Å². The topological polar surface area (TPSA) is 131 Å². The number of aryl methyl sites for hydroxylation is 1. The number of rotatable bonds is 7. The molecule has 0 fully saturated rings. The molecule has 11 nitrogen and oxygen atoms in total. The van der Waals surface area contributed by atoms with Crippen LogP contribution >= 0.6 is 0 Å². The first kappa shape index (κ1) is 25.3. The van der Waals surface area contributed by atoms with Crippen LogP contribution in [-0.4, -0.2) is 44.0 Å². The summed E-state index contributed by atoms with van der Waals surface area (Å²) < 4.78 is 5.07. The van der Waals surface area contributed by atoms with Crippen molar-refractivity contribution in [2.75, 3.05) is 5.32 Å². The Kier molecular flexibility index (Phi) is 6.04. The highest BCUT2D eigenvalue weighted by Crippen LogP contribution is 2.33. The lowest BCUT2D eigenvalue weighted by molar-refractivity contribution is 0.464. The number of benzene rings is 2. The summed E-state index contributed by atoms with van der Waals surface area (Å²) in [6.07, 6.45) is 7.02. The Morgan fingerprint density at radius 2 is 1.79 bits per heavy atom. The minimum absolute atomic E-state index is 0.146. The molecule has 42 heavy (non-hydrogen) atoms. The van der Waals surface area contributed by atoms with E-state index in [1.165, 1.54) is 6.33 Å². The predicted octanol–water partition coefficient (Wildman–Crippen LogP) is 4.86. The normalized spacial score (nSPS) is 12.2. The van der Waals surface area contributed by atoms with Crippen LogP contribution in [0.2, 0.25) is 0 Å². The van der Waals surface area contributed by atoms with E-state index in [2.05, 4.69) is 20.3 Å². The maximum Gasteiger partial charge on any atom is 0.282 e. The van der Waals surface area contributed by atoms with E-state index in [0.29, 0.717) is 29.4 Å². The van der Waals surface area contributed by atoms with Gasteiger partial charge in [-0.25, -0.2) is 14.5 Å². The third kappa shape index (κ3) is 4.27. The van der Waals surface area contributed by atoms with Gasteiger partial charge in [-0.05, 0) is 49.7 Å². The van der Waals surface area contributed by atoms with E-state index in [0.717, 1.165) is 33.5 Å². The summed E-state index contributed by atoms with van der Waals surface area (Å²) in [4.78, 5) is 26.0. The van der Waals surface area contributed by atoms with Gasteiger partial charge in [-0.15, -0.1) is 0 Å². The minimum Gasteiger partial charge on any atom is -0.508 e. The van der Waals surface area contributed by atoms with Gasteiger partial charge in [-0.1, -0.05) is 36.4 Å². The molecule has 208 valence electrons. The Hall–Kier alpha value is -5.71. The molecule has 0 saturated carbocycles. The second-order valence-corrected chi connectivity index (χ2v) is 10.2. The Morgan fingerprint density at radius 3 is 2.62 bits per heavy atom. The monoisotopic (exact) mass is 557 g/mol. The quantitative estimate of drug-likeness (QED) is 0.255. The van der Waals surface area contributed by atoms with Gasteiger partial charge in [0.05, 0.1) is 29.4 Å². The van der Waals surface area contributed by atoms with E-state index in [4.69, 9.17) is 10.2 Å². The summed E-state index contributed by atoms with van der Waals surface area (Å²) in [7, 11) is 0. The summed E-state index contributed by atoms with van der Waals surface area (Å²) in [5, 5.41) is 24.1. The number of fused-ring (bicyclic) bond motifs is 2. The highest BCUT2D eigenvalue weighted by molar-refractivity contribution is 6.00. The second-order valence-electron chi connectivity index (χ2n) is 10.2. The van der Waals surface area contributed by atoms with Crippen LogP contribution < -0.4 is 10.9 Å². The molecule has 0 radical (unpaired) electrons. The Morgan fingerprint density at radius 1 is 0.976 bits per heavy atom. The highest BCUT2D eigenvalue weighted by atomic mass is 16.3. The summed E-state index contributed by atoms with van der Waals surface area (Å²) in [6, 6.07) is 20.1. The zero-order valence-electron chi connectivity index (χ0n) is 22.9. The second kappa shape index (κ2) is 10.0. The largest absolute Gasteiger partial charge is 0.508 e. The third-order valence-corrected chi connectivity index (χ3v) is 7.38. The van der Waals surface area contributed by atoms with Gasteiger partial charge in [-0.3, -0.25) is 14.0 Å². The Bertz CT molecular complexity index is 2120. The first-order valence-corrected chi connectivity index (χ1v) is 13.5. The van der Waals surface area contributed by atoms with Crippen LogP contribution in [0.25, 0.3) is 33.5 Å². The van der Waals surface area contributed by atoms with Crippen LogP contribution in [-0.2, 0) is 6.54 Å². The van der Waals surface area contributed by atoms with Crippen molar-refractivity contribution in [3.63, 3.8) is 0 Å². The number of aromatic amines is 1. The molecule has 1 atom stereocenters. The first-order chi connectivity index (χ1) is 20.5. The molecule has 0 saturated heterocycles. The van der Waals surface area contributed by atoms with Gasteiger partial charge < -0.3 is 15.4 Å². The Balaban J connectivity index is 1.28. The van der Waals surface area contributed by atoms with Gasteiger partial charge in [0.2, 0.25) is 0 Å². The molecule has 0 spiro atoms. The van der Waals surface area contributed by atoms with E-state index < -0.39 is 6.04 Å². The molecule has 0 aliphatic heterocycles. The number of para-hydroxylation sites is 2. The van der Waals surface area contributed by atoms with Crippen LogP contribution in [0.15, 0.2) is 96.4 Å². The molecule has 0 amide bonds. The number of phenolic OH excluding ortho intramolecular Hbond substituents is 1. The molecule has 5 heterocycles. The zero-order chi connectivity index (χ0) is 28.8. The molecule has 2 aromatic carbocycles. The number of anilines is 1. The summed E-state index contributed by atoms with van der Waals surface area (Å²) in [6.45, 7) is 4.28. The van der Waals surface area contributed by atoms with Crippen molar-refractivity contribution in [3.05, 3.63) is 119 Å². The number of phenols is 1. The molecule has 7 aromatic rings. The van der Waals surface area contributed by atoms with Gasteiger partial charge in [0.25, 0.3) is 5.56 Å². The number of nitrogens with one attached hydrogen (secondary N) is 2. The molecule has 1 unspecified atom stereocenters. The van der Waals surface area contributed by atoms with Crippen molar-refractivity contribution in [2.24, 2.45) is 0 Å². The highest BCUT2D eigenvalue weighted by Gasteiger charge is 2.22. The molecule has 5 aromatic heterocycles. The van der Waals surface area contributed by atoms with E-state index >= 15 is 0 Å². The standard InChI is InChI=1S/C31H27N9O2/c1-19-12-15-39-27(19)31(42)40(22-9-4-3-5-10-22)30(37-39)20(2)35-29-26-23(16-32-28(26)33-18-34-29)24-13-14-38(36-24)17-21-8-6-7-11-25(21)41/h3-16,18,20,41H,17H2,1-2H3,(H2,32,33,34,35). The fourth-order valence-electron chi connectivity index (χ4n) is 5.29. The smallest absolute Gasteiger partial charge is 0.282 e. The van der Waals surface area contributed by atoms with Crippen LogP contribution in [0.3, 0.4) is 0 Å². The minimum atomic E-state index is -0.413. The fraction of sp³-hybridized carbons (Fsp3) is 0.129. The average Bonchev–Trinajstić information content (AvgIpc) is 3.73. The van der Waals surface area contributed by atoms with Crippen molar-refractivity contribution >= 4 is 22.4 Å². The third-order valence-electron chi connectivity index (χ3n) is 7.38. The van der Waals surface area contributed by atoms with Crippen molar-refractivity contribution in [2.45, 2.75) is 26.4 Å². The molecular weight excluding hydrogens is 530 g/mol. The van der Waals surface area contributed by atoms with Crippen LogP contribution in [0.4, 0.5) is 5.82 Å². The van der Waals surface area contributed by atoms with Crippen LogP contribution in [0, 0.1) is 6.92 Å². The van der Waals surface area contributed by atoms with Crippen molar-refractivity contribution in [3.8, 4) is 22.7 Å². The lowest BCUT2D eigenvalue weighted by Crippen LogP contribution is -2.29. The van der Waals surface area contributed by atoms with Gasteiger partial charge in [0, 0.05) is 29.7 Å². The van der Waals surface area contributed by atoms with Crippen molar-refractivity contribution < 1.29 is 5.11 Å². The number of aromatic nitrogens is 8. The lowest BCUT2D eigenvalue weighted by atomic mass is 10.1. The molecule has 3 N–H and O–H groups in total. The molecule has 7 rings (SSSR count). The number of aromatic hydroxyl groups is 1. The van der Waals surface area contributed by atoms with Crippen LogP contribution in [0.1, 0.15) is 29.9 Å². The predicted molar refractivity (Wildman–Crippen MR) is 160 cm³/mol. The zero-order valence-corrected chi connectivity index (χ0v) is 22.9. The summed E-state index contributed by atoms with van der Waals surface area (Å²) >= 11 is 0. The number of H-pyrrole nitrogens is 1. The van der Waals surface area contributed by atoms with E-state index in [9.17, 15) is 9.90 Å². The van der Waals surface area contributed by atoms with Gasteiger partial charge in [0.15, 0.2) is 5.82 Å². The number of nitrogens with zero attached hydrogens (tertiary/aromatic N) is 7. The molecule has 0 aliphatic carbocycles. The van der Waals surface area contributed by atoms with E-state index in [1.54, 1.807) is 32.1 Å². The Labute approximate surface area is 239 Å². The average molecular weight is 558 g/mol. The maximum absolute atomic E-state index is 13.8.